The number of aromatic nitrogens is 3. The van der Waals surface area contributed by atoms with Crippen molar-refractivity contribution in [3.63, 3.8) is 0 Å². The Morgan fingerprint density at radius 2 is 2.14 bits per heavy atom. The number of nitrogens with zero attached hydrogens (tertiary/aromatic N) is 3. The first kappa shape index (κ1) is 17.8. The van der Waals surface area contributed by atoms with Gasteiger partial charge in [0.05, 0.1) is 29.2 Å². The smallest absolute Gasteiger partial charge is 0.222 e. The number of aliphatic hydroxyl groups excluding tert-OH is 1. The first-order chi connectivity index (χ1) is 13.6. The number of nitrogens with one attached hydrogen (secondary N) is 2. The number of hydrogen-bond acceptors (Lipinski definition) is 7. The highest BCUT2D eigenvalue weighted by Gasteiger charge is 2.19. The largest absolute Gasteiger partial charge is 0.392 e. The van der Waals surface area contributed by atoms with E-state index in [1.54, 1.807) is 0 Å². The zero-order valence-corrected chi connectivity index (χ0v) is 16.7. The molecule has 5 rings (SSSR count). The van der Waals surface area contributed by atoms with E-state index in [-0.39, 0.29) is 11.9 Å². The molecule has 4 heterocycles. The summed E-state index contributed by atoms with van der Waals surface area (Å²) in [5, 5.41) is 19.2. The fourth-order valence-corrected chi connectivity index (χ4v) is 4.89. The lowest BCUT2D eigenvalue weighted by Crippen LogP contribution is -2.29. The number of benzene rings is 1. The summed E-state index contributed by atoms with van der Waals surface area (Å²) >= 11 is 7.78. The lowest BCUT2D eigenvalue weighted by Gasteiger charge is -2.10. The van der Waals surface area contributed by atoms with Crippen molar-refractivity contribution in [1.29, 1.82) is 0 Å². The van der Waals surface area contributed by atoms with Gasteiger partial charge in [-0.2, -0.15) is 0 Å². The molecule has 0 unspecified atom stereocenters. The van der Waals surface area contributed by atoms with Gasteiger partial charge in [0.1, 0.15) is 0 Å². The normalized spacial score (nSPS) is 16.8. The van der Waals surface area contributed by atoms with Crippen LogP contribution in [0.25, 0.3) is 32.4 Å². The molecule has 4 aromatic rings. The van der Waals surface area contributed by atoms with E-state index in [0.717, 1.165) is 24.0 Å². The van der Waals surface area contributed by atoms with Crippen LogP contribution < -0.4 is 10.6 Å². The van der Waals surface area contributed by atoms with Crippen LogP contribution >= 0.6 is 22.9 Å². The summed E-state index contributed by atoms with van der Waals surface area (Å²) in [6, 6.07) is 8.59. The average Bonchev–Trinajstić information content (AvgIpc) is 2.98. The average molecular weight is 412 g/mol. The SMILES string of the molecule is C[C@@H]1CNc2c(sc3ccc4nc(-c5nc(Cl)ncc5CO)ccc4c23)CN1. The van der Waals surface area contributed by atoms with E-state index in [1.165, 1.54) is 26.8 Å². The van der Waals surface area contributed by atoms with E-state index >= 15 is 0 Å². The van der Waals surface area contributed by atoms with E-state index < -0.39 is 0 Å². The molecule has 0 saturated carbocycles. The third-order valence-electron chi connectivity index (χ3n) is 5.04. The zero-order valence-electron chi connectivity index (χ0n) is 15.2. The fourth-order valence-electron chi connectivity index (χ4n) is 3.61. The Balaban J connectivity index is 1.70. The molecule has 0 amide bonds. The maximum absolute atomic E-state index is 9.61. The molecule has 8 heteroatoms. The molecule has 0 radical (unpaired) electrons. The van der Waals surface area contributed by atoms with Crippen LogP contribution in [-0.2, 0) is 13.2 Å². The second-order valence-corrected chi connectivity index (χ2v) is 8.41. The monoisotopic (exact) mass is 411 g/mol. The molecule has 142 valence electrons. The summed E-state index contributed by atoms with van der Waals surface area (Å²) in [6.45, 7) is 3.77. The van der Waals surface area contributed by atoms with Gasteiger partial charge < -0.3 is 15.7 Å². The number of anilines is 1. The molecule has 6 nitrogen and oxygen atoms in total. The summed E-state index contributed by atoms with van der Waals surface area (Å²) in [5.41, 5.74) is 3.92. The summed E-state index contributed by atoms with van der Waals surface area (Å²) in [7, 11) is 0. The molecular formula is C20H18ClN5OS. The number of fused-ring (bicyclic) bond motifs is 5. The Bertz CT molecular complexity index is 1210. The third-order valence-corrected chi connectivity index (χ3v) is 6.38. The Hall–Kier alpha value is -2.32. The topological polar surface area (TPSA) is 83.0 Å². The summed E-state index contributed by atoms with van der Waals surface area (Å²) in [6.07, 6.45) is 1.54. The maximum Gasteiger partial charge on any atom is 0.222 e. The molecule has 3 aromatic heterocycles. The van der Waals surface area contributed by atoms with Crippen LogP contribution in [0.2, 0.25) is 5.28 Å². The quantitative estimate of drug-likeness (QED) is 0.433. The lowest BCUT2D eigenvalue weighted by atomic mass is 10.1. The number of rotatable bonds is 2. The van der Waals surface area contributed by atoms with E-state index in [2.05, 4.69) is 39.7 Å². The Morgan fingerprint density at radius 3 is 3.00 bits per heavy atom. The van der Waals surface area contributed by atoms with Crippen LogP contribution in [0.3, 0.4) is 0 Å². The molecule has 0 aliphatic carbocycles. The number of hydrogen-bond donors (Lipinski definition) is 3. The predicted molar refractivity (Wildman–Crippen MR) is 114 cm³/mol. The van der Waals surface area contributed by atoms with Gasteiger partial charge in [-0.05, 0) is 42.8 Å². The zero-order chi connectivity index (χ0) is 19.3. The highest BCUT2D eigenvalue weighted by atomic mass is 35.5. The Morgan fingerprint density at radius 1 is 1.25 bits per heavy atom. The van der Waals surface area contributed by atoms with Crippen LogP contribution in [0, 0.1) is 0 Å². The van der Waals surface area contributed by atoms with E-state index in [0.29, 0.717) is 23.0 Å². The standard InChI is InChI=1S/C20H18ClN5OS/c1-10-6-23-19-16(8-22-10)28-15-5-4-13-12(17(15)19)2-3-14(25-13)18-11(9-27)7-24-20(21)26-18/h2-5,7,10,22-23,27H,6,8-9H2,1H3/t10-/m1/s1. The van der Waals surface area contributed by atoms with Crippen molar-refractivity contribution < 1.29 is 5.11 Å². The van der Waals surface area contributed by atoms with Gasteiger partial charge in [0.25, 0.3) is 0 Å². The van der Waals surface area contributed by atoms with Gasteiger partial charge >= 0.3 is 0 Å². The maximum atomic E-state index is 9.61. The Kier molecular flexibility index (Phi) is 4.40. The van der Waals surface area contributed by atoms with Crippen molar-refractivity contribution in [2.45, 2.75) is 26.1 Å². The van der Waals surface area contributed by atoms with Gasteiger partial charge in [-0.15, -0.1) is 11.3 Å². The number of thiophene rings is 1. The minimum Gasteiger partial charge on any atom is -0.392 e. The van der Waals surface area contributed by atoms with Crippen molar-refractivity contribution in [1.82, 2.24) is 20.3 Å². The minimum absolute atomic E-state index is 0.138. The van der Waals surface area contributed by atoms with E-state index in [9.17, 15) is 5.11 Å². The van der Waals surface area contributed by atoms with Crippen LogP contribution in [0.15, 0.2) is 30.5 Å². The molecule has 3 N–H and O–H groups in total. The highest BCUT2D eigenvalue weighted by Crippen LogP contribution is 2.41. The molecular weight excluding hydrogens is 394 g/mol. The van der Waals surface area contributed by atoms with E-state index in [4.69, 9.17) is 16.6 Å². The van der Waals surface area contributed by atoms with Gasteiger partial charge in [-0.25, -0.2) is 15.0 Å². The van der Waals surface area contributed by atoms with Crippen LogP contribution in [0.5, 0.6) is 0 Å². The number of halogens is 1. The lowest BCUT2D eigenvalue weighted by molar-refractivity contribution is 0.281. The van der Waals surface area contributed by atoms with Gasteiger partial charge in [0.15, 0.2) is 0 Å². The van der Waals surface area contributed by atoms with Gasteiger partial charge in [-0.3, -0.25) is 0 Å². The molecule has 0 bridgehead atoms. The van der Waals surface area contributed by atoms with Crippen molar-refractivity contribution in [2.75, 3.05) is 11.9 Å². The summed E-state index contributed by atoms with van der Waals surface area (Å²) < 4.78 is 1.25. The van der Waals surface area contributed by atoms with Crippen LogP contribution in [0.1, 0.15) is 17.4 Å². The molecule has 1 atom stereocenters. The first-order valence-corrected chi connectivity index (χ1v) is 10.3. The fraction of sp³-hybridized carbons (Fsp3) is 0.250. The summed E-state index contributed by atoms with van der Waals surface area (Å²) in [4.78, 5) is 14.4. The number of aliphatic hydroxyl groups is 1. The van der Waals surface area contributed by atoms with Crippen molar-refractivity contribution in [3.05, 3.63) is 46.2 Å². The van der Waals surface area contributed by atoms with Crippen molar-refractivity contribution in [3.8, 4) is 11.4 Å². The second-order valence-electron chi connectivity index (χ2n) is 6.94. The highest BCUT2D eigenvalue weighted by molar-refractivity contribution is 7.20. The minimum atomic E-state index is -0.168. The Labute approximate surface area is 170 Å². The predicted octanol–water partition coefficient (Wildman–Crippen LogP) is 3.96. The van der Waals surface area contributed by atoms with Crippen molar-refractivity contribution in [2.24, 2.45) is 0 Å². The number of pyridine rings is 1. The molecule has 0 saturated heterocycles. The first-order valence-electron chi connectivity index (χ1n) is 9.09. The van der Waals surface area contributed by atoms with Gasteiger partial charge in [-0.1, -0.05) is 0 Å². The third kappa shape index (κ3) is 2.91. The second kappa shape index (κ2) is 6.93. The molecule has 1 aromatic carbocycles. The molecule has 1 aliphatic rings. The molecule has 0 spiro atoms. The summed E-state index contributed by atoms with van der Waals surface area (Å²) in [5.74, 6) is 0. The molecule has 0 fully saturated rings. The van der Waals surface area contributed by atoms with Crippen LogP contribution in [-0.4, -0.2) is 32.6 Å². The van der Waals surface area contributed by atoms with E-state index in [1.807, 2.05) is 23.5 Å². The van der Waals surface area contributed by atoms with Gasteiger partial charge in [0.2, 0.25) is 5.28 Å². The van der Waals surface area contributed by atoms with Gasteiger partial charge in [0, 0.05) is 51.2 Å². The molecule has 1 aliphatic heterocycles. The van der Waals surface area contributed by atoms with Crippen molar-refractivity contribution >= 4 is 49.6 Å². The molecule has 28 heavy (non-hydrogen) atoms. The van der Waals surface area contributed by atoms with Crippen LogP contribution in [0.4, 0.5) is 5.69 Å².